The van der Waals surface area contributed by atoms with Gasteiger partial charge in [-0.2, -0.15) is 5.10 Å². The van der Waals surface area contributed by atoms with Gasteiger partial charge in [-0.1, -0.05) is 53.7 Å². The summed E-state index contributed by atoms with van der Waals surface area (Å²) in [5.74, 6) is 0.889. The van der Waals surface area contributed by atoms with E-state index < -0.39 is 9.89 Å². The zero-order valence-corrected chi connectivity index (χ0v) is 17.7. The highest BCUT2D eigenvalue weighted by Crippen LogP contribution is 2.35. The zero-order valence-electron chi connectivity index (χ0n) is 15.4. The highest BCUT2D eigenvalue weighted by molar-refractivity contribution is 6.67. The van der Waals surface area contributed by atoms with Crippen molar-refractivity contribution in [2.75, 3.05) is 11.9 Å². The van der Waals surface area contributed by atoms with Gasteiger partial charge in [0, 0.05) is 23.6 Å². The summed E-state index contributed by atoms with van der Waals surface area (Å²) in [6.07, 6.45) is 5.60. The van der Waals surface area contributed by atoms with Crippen molar-refractivity contribution in [2.45, 2.75) is 35.4 Å². The summed E-state index contributed by atoms with van der Waals surface area (Å²) in [5, 5.41) is 8.48. The van der Waals surface area contributed by atoms with Crippen molar-refractivity contribution >= 4 is 57.6 Å². The van der Waals surface area contributed by atoms with Crippen LogP contribution in [-0.4, -0.2) is 31.3 Å². The normalized spacial score (nSPS) is 15.0. The van der Waals surface area contributed by atoms with Crippen LogP contribution in [0, 0.1) is 0 Å². The minimum atomic E-state index is -1.67. The third-order valence-corrected chi connectivity index (χ3v) is 5.26. The number of carbonyl (C=O) groups is 1. The van der Waals surface area contributed by atoms with E-state index in [0.29, 0.717) is 11.7 Å². The van der Waals surface area contributed by atoms with Crippen molar-refractivity contribution in [3.63, 3.8) is 0 Å². The largest absolute Gasteiger partial charge is 0.445 e. The molecule has 9 heteroatoms. The summed E-state index contributed by atoms with van der Waals surface area (Å²) in [5.41, 5.74) is 2.65. The Kier molecular flexibility index (Phi) is 5.86. The highest BCUT2D eigenvalue weighted by Gasteiger charge is 2.25. The molecule has 0 bridgehead atoms. The lowest BCUT2D eigenvalue weighted by Crippen LogP contribution is -2.22. The molecule has 0 radical (unpaired) electrons. The Morgan fingerprint density at radius 2 is 2.00 bits per heavy atom. The van der Waals surface area contributed by atoms with Gasteiger partial charge in [0.25, 0.3) is 0 Å². The van der Waals surface area contributed by atoms with Crippen LogP contribution >= 0.6 is 34.8 Å². The summed E-state index contributed by atoms with van der Waals surface area (Å²) in [7, 11) is 0. The fourth-order valence-electron chi connectivity index (χ4n) is 3.59. The second-order valence-corrected chi connectivity index (χ2v) is 9.56. The molecule has 1 aliphatic carbocycles. The average Bonchev–Trinajstić information content (AvgIpc) is 3.35. The number of aromatic nitrogens is 3. The van der Waals surface area contributed by atoms with E-state index in [1.807, 2.05) is 36.4 Å². The quantitative estimate of drug-likeness (QED) is 0.492. The monoisotopic (exact) mass is 452 g/mol. The number of carbonyl (C=O) groups excluding carboxylic acids is 1. The molecule has 1 aliphatic rings. The molecule has 1 N–H and O–H groups in total. The van der Waals surface area contributed by atoms with Crippen LogP contribution in [0.25, 0.3) is 16.6 Å². The van der Waals surface area contributed by atoms with Crippen LogP contribution in [0.4, 0.5) is 10.6 Å². The third kappa shape index (κ3) is 4.94. The topological polar surface area (TPSA) is 69.0 Å². The second kappa shape index (κ2) is 8.38. The number of rotatable bonds is 4. The molecular weight excluding hydrogens is 435 g/mol. The molecule has 2 aromatic heterocycles. The van der Waals surface area contributed by atoms with Gasteiger partial charge in [0.15, 0.2) is 0 Å². The Hall–Kier alpha value is -2.02. The predicted octanol–water partition coefficient (Wildman–Crippen LogP) is 6.00. The van der Waals surface area contributed by atoms with Crippen LogP contribution in [-0.2, 0) is 4.74 Å². The van der Waals surface area contributed by atoms with Gasteiger partial charge in [-0.25, -0.2) is 9.48 Å². The fraction of sp³-hybridized carbons (Fsp3) is 0.350. The molecule has 0 spiro atoms. The number of benzene rings is 1. The molecule has 0 atom stereocenters. The Bertz CT molecular complexity index is 1030. The molecule has 0 aliphatic heterocycles. The average molecular weight is 454 g/mol. The van der Waals surface area contributed by atoms with E-state index in [1.165, 1.54) is 12.8 Å². The Balaban J connectivity index is 1.65. The molecule has 2 heterocycles. The first kappa shape index (κ1) is 20.3. The van der Waals surface area contributed by atoms with Crippen molar-refractivity contribution in [3.05, 3.63) is 48.3 Å². The maximum Gasteiger partial charge on any atom is 0.412 e. The number of anilines is 1. The smallest absolute Gasteiger partial charge is 0.412 e. The number of alkyl halides is 3. The Morgan fingerprint density at radius 3 is 2.76 bits per heavy atom. The lowest BCUT2D eigenvalue weighted by Gasteiger charge is -2.13. The first-order chi connectivity index (χ1) is 13.9. The molecule has 152 valence electrons. The van der Waals surface area contributed by atoms with Crippen molar-refractivity contribution in [2.24, 2.45) is 0 Å². The molecule has 1 fully saturated rings. The van der Waals surface area contributed by atoms with Crippen LogP contribution in [0.5, 0.6) is 0 Å². The van der Waals surface area contributed by atoms with E-state index in [-0.39, 0.29) is 6.61 Å². The summed E-state index contributed by atoms with van der Waals surface area (Å²) in [6.45, 7) is -0.352. The van der Waals surface area contributed by atoms with Gasteiger partial charge < -0.3 is 4.74 Å². The SMILES string of the molecule is O=C(Nc1cc(C2CCCC2)nn1-c1ccc2ncccc2c1)OCC(Cl)(Cl)Cl. The number of nitrogens with zero attached hydrogens (tertiary/aromatic N) is 3. The van der Waals surface area contributed by atoms with E-state index in [0.717, 1.165) is 35.1 Å². The van der Waals surface area contributed by atoms with Gasteiger partial charge in [-0.05, 0) is 37.1 Å². The highest BCUT2D eigenvalue weighted by atomic mass is 35.6. The Labute approximate surface area is 183 Å². The first-order valence-corrected chi connectivity index (χ1v) is 10.5. The second-order valence-electron chi connectivity index (χ2n) is 7.04. The number of amides is 1. The standard InChI is InChI=1S/C20H19Cl3N4O2/c21-20(22,23)12-29-19(28)25-18-11-17(13-4-1-2-5-13)26-27(18)15-7-8-16-14(10-15)6-3-9-24-16/h3,6-11,13H,1-2,4-5,12H2,(H,25,28). The third-order valence-electron chi connectivity index (χ3n) is 4.93. The van der Waals surface area contributed by atoms with Crippen LogP contribution in [0.3, 0.4) is 0 Å². The van der Waals surface area contributed by atoms with Crippen LogP contribution < -0.4 is 5.32 Å². The number of hydrogen-bond donors (Lipinski definition) is 1. The fourth-order valence-corrected chi connectivity index (χ4v) is 3.75. The lowest BCUT2D eigenvalue weighted by molar-refractivity contribution is 0.163. The number of nitrogens with one attached hydrogen (secondary N) is 1. The van der Waals surface area contributed by atoms with Crippen LogP contribution in [0.15, 0.2) is 42.6 Å². The molecule has 0 saturated heterocycles. The summed E-state index contributed by atoms with van der Waals surface area (Å²) >= 11 is 17.0. The molecule has 0 unspecified atom stereocenters. The van der Waals surface area contributed by atoms with Gasteiger partial charge in [-0.3, -0.25) is 10.3 Å². The van der Waals surface area contributed by atoms with Gasteiger partial charge in [0.05, 0.1) is 16.9 Å². The number of halogens is 3. The van der Waals surface area contributed by atoms with E-state index >= 15 is 0 Å². The summed E-state index contributed by atoms with van der Waals surface area (Å²) in [6, 6.07) is 11.6. The van der Waals surface area contributed by atoms with Crippen molar-refractivity contribution in [3.8, 4) is 5.69 Å². The minimum absolute atomic E-state index is 0.352. The van der Waals surface area contributed by atoms with E-state index in [1.54, 1.807) is 10.9 Å². The number of hydrogen-bond acceptors (Lipinski definition) is 4. The van der Waals surface area contributed by atoms with Crippen molar-refractivity contribution < 1.29 is 9.53 Å². The van der Waals surface area contributed by atoms with Crippen LogP contribution in [0.1, 0.15) is 37.3 Å². The Morgan fingerprint density at radius 1 is 1.21 bits per heavy atom. The summed E-state index contributed by atoms with van der Waals surface area (Å²) in [4.78, 5) is 16.6. The number of ether oxygens (including phenoxy) is 1. The zero-order chi connectivity index (χ0) is 20.4. The first-order valence-electron chi connectivity index (χ1n) is 9.35. The van der Waals surface area contributed by atoms with Crippen molar-refractivity contribution in [1.82, 2.24) is 14.8 Å². The molecule has 1 saturated carbocycles. The van der Waals surface area contributed by atoms with Crippen LogP contribution in [0.2, 0.25) is 0 Å². The van der Waals surface area contributed by atoms with Crippen molar-refractivity contribution in [1.29, 1.82) is 0 Å². The molecule has 3 aromatic rings. The number of fused-ring (bicyclic) bond motifs is 1. The molecule has 4 rings (SSSR count). The van der Waals surface area contributed by atoms with Gasteiger partial charge in [0.2, 0.25) is 3.79 Å². The summed E-state index contributed by atoms with van der Waals surface area (Å²) < 4.78 is 5.05. The van der Waals surface area contributed by atoms with E-state index in [4.69, 9.17) is 44.6 Å². The minimum Gasteiger partial charge on any atom is -0.445 e. The molecular formula is C20H19Cl3N4O2. The predicted molar refractivity (Wildman–Crippen MR) is 115 cm³/mol. The molecule has 1 aromatic carbocycles. The van der Waals surface area contributed by atoms with Gasteiger partial charge >= 0.3 is 6.09 Å². The number of pyridine rings is 1. The molecule has 29 heavy (non-hydrogen) atoms. The van der Waals surface area contributed by atoms with E-state index in [9.17, 15) is 4.79 Å². The maximum absolute atomic E-state index is 12.2. The lowest BCUT2D eigenvalue weighted by atomic mass is 10.0. The maximum atomic E-state index is 12.2. The molecule has 6 nitrogen and oxygen atoms in total. The molecule has 1 amide bonds. The van der Waals surface area contributed by atoms with E-state index in [2.05, 4.69) is 10.3 Å². The van der Waals surface area contributed by atoms with Gasteiger partial charge in [0.1, 0.15) is 12.4 Å². The van der Waals surface area contributed by atoms with Gasteiger partial charge in [-0.15, -0.1) is 0 Å².